The summed E-state index contributed by atoms with van der Waals surface area (Å²) in [5, 5.41) is 19.8. The summed E-state index contributed by atoms with van der Waals surface area (Å²) in [4.78, 5) is 21.0. The highest BCUT2D eigenvalue weighted by molar-refractivity contribution is 6.31. The van der Waals surface area contributed by atoms with Crippen LogP contribution < -0.4 is 5.73 Å². The number of hydrogen-bond donors (Lipinski definition) is 2. The number of rotatable bonds is 3. The van der Waals surface area contributed by atoms with Gasteiger partial charge in [0, 0.05) is 6.07 Å². The fraction of sp³-hybridized carbons (Fsp3) is 0.125. The first kappa shape index (κ1) is 11.3. The van der Waals surface area contributed by atoms with E-state index in [9.17, 15) is 20.0 Å². The summed E-state index contributed by atoms with van der Waals surface area (Å²) in [6.07, 6.45) is 0. The molecule has 0 atom stereocenters. The van der Waals surface area contributed by atoms with Crippen molar-refractivity contribution in [2.45, 2.75) is 0 Å². The Morgan fingerprint density at radius 2 is 2.20 bits per heavy atom. The van der Waals surface area contributed by atoms with Crippen LogP contribution in [0.1, 0.15) is 10.4 Å². The molecule has 0 unspecified atom stereocenters. The number of aromatic hydroxyl groups is 1. The Bertz CT molecular complexity index is 433. The molecule has 1 aromatic carbocycles. The minimum atomic E-state index is -0.754. The number of nitro benzene ring substituents is 1. The molecule has 3 N–H and O–H groups in total. The minimum Gasteiger partial charge on any atom is -0.506 e. The highest BCUT2D eigenvalue weighted by Gasteiger charge is 2.21. The Balaban J connectivity index is 3.41. The molecule has 0 saturated carbocycles. The largest absolute Gasteiger partial charge is 0.506 e. The third kappa shape index (κ3) is 2.16. The number of nitro groups is 1. The number of phenols is 1. The summed E-state index contributed by atoms with van der Waals surface area (Å²) < 4.78 is 0. The van der Waals surface area contributed by atoms with Gasteiger partial charge in [0.2, 0.25) is 0 Å². The van der Waals surface area contributed by atoms with Gasteiger partial charge in [-0.15, -0.1) is 11.6 Å². The molecule has 1 rings (SSSR count). The molecule has 15 heavy (non-hydrogen) atoms. The molecular weight excluding hydrogens is 224 g/mol. The van der Waals surface area contributed by atoms with Crippen LogP contribution in [0.3, 0.4) is 0 Å². The van der Waals surface area contributed by atoms with E-state index in [1.54, 1.807) is 0 Å². The highest BCUT2D eigenvalue weighted by atomic mass is 35.5. The van der Waals surface area contributed by atoms with E-state index in [1.165, 1.54) is 0 Å². The topological polar surface area (TPSA) is 106 Å². The predicted octanol–water partition coefficient (Wildman–Crippen LogP) is 1.30. The van der Waals surface area contributed by atoms with Gasteiger partial charge in [-0.3, -0.25) is 14.9 Å². The Morgan fingerprint density at radius 3 is 2.67 bits per heavy atom. The monoisotopic (exact) mass is 230 g/mol. The molecule has 0 spiro atoms. The van der Waals surface area contributed by atoms with Gasteiger partial charge in [-0.05, 0) is 6.07 Å². The zero-order valence-corrected chi connectivity index (χ0v) is 8.19. The highest BCUT2D eigenvalue weighted by Crippen LogP contribution is 2.30. The number of halogens is 1. The number of hydrogen-bond acceptors (Lipinski definition) is 5. The first-order chi connectivity index (χ1) is 6.97. The number of carbonyl (C=O) groups is 1. The fourth-order valence-corrected chi connectivity index (χ4v) is 1.18. The van der Waals surface area contributed by atoms with Crippen LogP contribution in [0.25, 0.3) is 0 Å². The van der Waals surface area contributed by atoms with E-state index < -0.39 is 22.3 Å². The van der Waals surface area contributed by atoms with Crippen molar-refractivity contribution in [3.05, 3.63) is 27.8 Å². The van der Waals surface area contributed by atoms with Crippen LogP contribution in [0.4, 0.5) is 11.4 Å². The summed E-state index contributed by atoms with van der Waals surface area (Å²) >= 11 is 5.27. The summed E-state index contributed by atoms with van der Waals surface area (Å²) in [7, 11) is 0. The lowest BCUT2D eigenvalue weighted by atomic mass is 10.1. The molecule has 0 heterocycles. The number of nitrogens with two attached hydrogens (primary N) is 1. The van der Waals surface area contributed by atoms with Crippen LogP contribution >= 0.6 is 11.6 Å². The van der Waals surface area contributed by atoms with Gasteiger partial charge in [-0.2, -0.15) is 0 Å². The molecule has 0 saturated heterocycles. The smallest absolute Gasteiger partial charge is 0.282 e. The van der Waals surface area contributed by atoms with Gasteiger partial charge in [0.25, 0.3) is 5.69 Å². The number of carbonyl (C=O) groups excluding carboxylic acids is 1. The molecule has 0 aliphatic heterocycles. The number of ketones is 1. The first-order valence-corrected chi connectivity index (χ1v) is 4.37. The minimum absolute atomic E-state index is 0.159. The van der Waals surface area contributed by atoms with Crippen LogP contribution in [0.2, 0.25) is 0 Å². The molecule has 80 valence electrons. The number of nitrogen functional groups attached to an aromatic ring is 1. The normalized spacial score (nSPS) is 9.93. The van der Waals surface area contributed by atoms with Crippen LogP contribution in [0, 0.1) is 10.1 Å². The summed E-state index contributed by atoms with van der Waals surface area (Å²) in [6, 6.07) is 1.87. The third-order valence-electron chi connectivity index (χ3n) is 1.76. The second-order valence-corrected chi connectivity index (χ2v) is 3.01. The molecule has 1 aromatic rings. The van der Waals surface area contributed by atoms with Crippen molar-refractivity contribution in [2.24, 2.45) is 0 Å². The van der Waals surface area contributed by atoms with E-state index in [0.29, 0.717) is 0 Å². The first-order valence-electron chi connectivity index (χ1n) is 3.83. The lowest BCUT2D eigenvalue weighted by Crippen LogP contribution is -2.06. The van der Waals surface area contributed by atoms with Crippen LogP contribution in [-0.4, -0.2) is 21.7 Å². The van der Waals surface area contributed by atoms with Crippen molar-refractivity contribution in [1.29, 1.82) is 0 Å². The van der Waals surface area contributed by atoms with E-state index in [1.807, 2.05) is 0 Å². The van der Waals surface area contributed by atoms with Crippen molar-refractivity contribution < 1.29 is 14.8 Å². The molecule has 0 aliphatic rings. The molecule has 7 heteroatoms. The van der Waals surface area contributed by atoms with Gasteiger partial charge in [0.05, 0.1) is 16.5 Å². The Hall–Kier alpha value is -1.82. The molecule has 0 amide bonds. The van der Waals surface area contributed by atoms with Crippen LogP contribution in [-0.2, 0) is 0 Å². The van der Waals surface area contributed by atoms with Crippen molar-refractivity contribution in [1.82, 2.24) is 0 Å². The maximum atomic E-state index is 11.2. The number of phenolic OH excluding ortho intramolecular Hbond substituents is 1. The fourth-order valence-electron chi connectivity index (χ4n) is 1.04. The van der Waals surface area contributed by atoms with E-state index in [4.69, 9.17) is 17.3 Å². The zero-order chi connectivity index (χ0) is 11.6. The molecule has 0 fully saturated rings. The average Bonchev–Trinajstić information content (AvgIpc) is 2.20. The lowest BCUT2D eigenvalue weighted by Gasteiger charge is -2.03. The van der Waals surface area contributed by atoms with E-state index in [-0.39, 0.29) is 17.0 Å². The van der Waals surface area contributed by atoms with Crippen molar-refractivity contribution in [2.75, 3.05) is 11.6 Å². The second kappa shape index (κ2) is 4.14. The Labute approximate surface area is 89.4 Å². The number of nitrogens with zero attached hydrogens (tertiary/aromatic N) is 1. The lowest BCUT2D eigenvalue weighted by molar-refractivity contribution is -0.385. The molecule has 0 radical (unpaired) electrons. The quantitative estimate of drug-likeness (QED) is 0.203. The summed E-state index contributed by atoms with van der Waals surface area (Å²) in [5.41, 5.74) is 4.40. The van der Waals surface area contributed by atoms with Gasteiger partial charge in [-0.25, -0.2) is 0 Å². The van der Waals surface area contributed by atoms with Crippen LogP contribution in [0.5, 0.6) is 5.75 Å². The average molecular weight is 231 g/mol. The van der Waals surface area contributed by atoms with Gasteiger partial charge in [-0.1, -0.05) is 0 Å². The number of alkyl halides is 1. The van der Waals surface area contributed by atoms with Crippen LogP contribution in [0.15, 0.2) is 12.1 Å². The van der Waals surface area contributed by atoms with Crippen molar-refractivity contribution >= 4 is 28.8 Å². The summed E-state index contributed by atoms with van der Waals surface area (Å²) in [6.45, 7) is 0. The standard InChI is InChI=1S/C8H7ClN2O4/c9-3-8(13)4-1-7(12)5(10)2-6(4)11(14)15/h1-2,12H,3,10H2. The van der Waals surface area contributed by atoms with Gasteiger partial charge in [0.1, 0.15) is 11.3 Å². The molecule has 0 aliphatic carbocycles. The number of Topliss-reactive ketones (excluding diaryl/α,β-unsaturated/α-hetero) is 1. The molecule has 0 aromatic heterocycles. The second-order valence-electron chi connectivity index (χ2n) is 2.74. The van der Waals surface area contributed by atoms with E-state index >= 15 is 0 Å². The zero-order valence-electron chi connectivity index (χ0n) is 7.44. The van der Waals surface area contributed by atoms with Gasteiger partial charge in [0.15, 0.2) is 5.78 Å². The van der Waals surface area contributed by atoms with E-state index in [0.717, 1.165) is 12.1 Å². The molecule has 6 nitrogen and oxygen atoms in total. The maximum absolute atomic E-state index is 11.2. The number of anilines is 1. The van der Waals surface area contributed by atoms with Gasteiger partial charge >= 0.3 is 0 Å². The van der Waals surface area contributed by atoms with Crippen molar-refractivity contribution in [3.8, 4) is 5.75 Å². The Kier molecular flexibility index (Phi) is 3.11. The maximum Gasteiger partial charge on any atom is 0.282 e. The molecule has 0 bridgehead atoms. The number of benzene rings is 1. The molecular formula is C8H7ClN2O4. The predicted molar refractivity (Wildman–Crippen MR) is 54.2 cm³/mol. The summed E-state index contributed by atoms with van der Waals surface area (Å²) in [5.74, 6) is -1.42. The van der Waals surface area contributed by atoms with E-state index in [2.05, 4.69) is 0 Å². The Morgan fingerprint density at radius 1 is 1.60 bits per heavy atom. The SMILES string of the molecule is Nc1cc([N+](=O)[O-])c(C(=O)CCl)cc1O. The van der Waals surface area contributed by atoms with Gasteiger partial charge < -0.3 is 10.8 Å². The third-order valence-corrected chi connectivity index (χ3v) is 2.01. The van der Waals surface area contributed by atoms with Crippen molar-refractivity contribution in [3.63, 3.8) is 0 Å².